The molecule has 0 unspecified atom stereocenters. The standard InChI is InChI=1S/C9H10FNO3/c10-5-1-2-6(9(13)14)7(3-5)8(11)4-12/h1-3,8,12H,4,11H2,(H,13,14)/t8-/m1/s1. The van der Waals surface area contributed by atoms with Gasteiger partial charge in [-0.1, -0.05) is 0 Å². The molecule has 0 saturated heterocycles. The minimum absolute atomic E-state index is 0.0899. The van der Waals surface area contributed by atoms with E-state index < -0.39 is 24.4 Å². The highest BCUT2D eigenvalue weighted by Gasteiger charge is 2.15. The van der Waals surface area contributed by atoms with Crippen molar-refractivity contribution in [2.75, 3.05) is 6.61 Å². The number of aliphatic hydroxyl groups is 1. The van der Waals surface area contributed by atoms with Crippen LogP contribution in [-0.2, 0) is 0 Å². The lowest BCUT2D eigenvalue weighted by Gasteiger charge is -2.11. The number of nitrogens with two attached hydrogens (primary N) is 1. The summed E-state index contributed by atoms with van der Waals surface area (Å²) in [7, 11) is 0. The minimum Gasteiger partial charge on any atom is -0.478 e. The number of carbonyl (C=O) groups is 1. The van der Waals surface area contributed by atoms with Crippen LogP contribution in [0.4, 0.5) is 4.39 Å². The van der Waals surface area contributed by atoms with E-state index in [2.05, 4.69) is 0 Å². The smallest absolute Gasteiger partial charge is 0.336 e. The summed E-state index contributed by atoms with van der Waals surface area (Å²) in [4.78, 5) is 10.7. The van der Waals surface area contributed by atoms with Gasteiger partial charge < -0.3 is 15.9 Å². The maximum Gasteiger partial charge on any atom is 0.336 e. The van der Waals surface area contributed by atoms with Gasteiger partial charge in [-0.15, -0.1) is 0 Å². The Bertz CT molecular complexity index is 354. The van der Waals surface area contributed by atoms with Crippen LogP contribution in [0.1, 0.15) is 22.0 Å². The number of halogens is 1. The fourth-order valence-electron chi connectivity index (χ4n) is 1.13. The molecule has 0 aliphatic rings. The first-order valence-corrected chi connectivity index (χ1v) is 3.95. The average Bonchev–Trinajstić information content (AvgIpc) is 2.16. The zero-order valence-corrected chi connectivity index (χ0v) is 7.27. The lowest BCUT2D eigenvalue weighted by molar-refractivity contribution is 0.0694. The fraction of sp³-hybridized carbons (Fsp3) is 0.222. The van der Waals surface area contributed by atoms with Gasteiger partial charge in [0.15, 0.2) is 0 Å². The Morgan fingerprint density at radius 1 is 1.57 bits per heavy atom. The van der Waals surface area contributed by atoms with E-state index in [1.54, 1.807) is 0 Å². The van der Waals surface area contributed by atoms with Crippen molar-refractivity contribution < 1.29 is 19.4 Å². The lowest BCUT2D eigenvalue weighted by Crippen LogP contribution is -2.18. The normalized spacial score (nSPS) is 12.5. The molecule has 0 aliphatic carbocycles. The number of hydrogen-bond acceptors (Lipinski definition) is 3. The van der Waals surface area contributed by atoms with Gasteiger partial charge in [0.1, 0.15) is 5.82 Å². The fourth-order valence-corrected chi connectivity index (χ4v) is 1.13. The van der Waals surface area contributed by atoms with Crippen LogP contribution in [0.5, 0.6) is 0 Å². The molecule has 1 atom stereocenters. The summed E-state index contributed by atoms with van der Waals surface area (Å²) >= 11 is 0. The van der Waals surface area contributed by atoms with Crippen LogP contribution in [0.15, 0.2) is 18.2 Å². The Kier molecular flexibility index (Phi) is 3.16. The maximum atomic E-state index is 12.8. The Hall–Kier alpha value is -1.46. The van der Waals surface area contributed by atoms with Gasteiger partial charge in [-0.3, -0.25) is 0 Å². The second kappa shape index (κ2) is 4.17. The highest BCUT2D eigenvalue weighted by Crippen LogP contribution is 2.17. The molecule has 0 radical (unpaired) electrons. The first kappa shape index (κ1) is 10.6. The molecule has 1 rings (SSSR count). The van der Waals surface area contributed by atoms with E-state index in [1.807, 2.05) is 0 Å². The van der Waals surface area contributed by atoms with E-state index in [1.165, 1.54) is 0 Å². The van der Waals surface area contributed by atoms with Crippen LogP contribution in [0.2, 0.25) is 0 Å². The van der Waals surface area contributed by atoms with Crippen LogP contribution in [0.3, 0.4) is 0 Å². The molecule has 0 aromatic heterocycles. The summed E-state index contributed by atoms with van der Waals surface area (Å²) < 4.78 is 12.8. The van der Waals surface area contributed by atoms with Crippen molar-refractivity contribution in [2.24, 2.45) is 5.73 Å². The van der Waals surface area contributed by atoms with Crippen molar-refractivity contribution in [1.29, 1.82) is 0 Å². The first-order valence-electron chi connectivity index (χ1n) is 3.95. The number of hydrogen-bond donors (Lipinski definition) is 3. The quantitative estimate of drug-likeness (QED) is 0.662. The Morgan fingerprint density at radius 2 is 2.21 bits per heavy atom. The van der Waals surface area contributed by atoms with Crippen molar-refractivity contribution in [2.45, 2.75) is 6.04 Å². The summed E-state index contributed by atoms with van der Waals surface area (Å²) in [6.45, 7) is -0.427. The monoisotopic (exact) mass is 199 g/mol. The van der Waals surface area contributed by atoms with Gasteiger partial charge in [-0.05, 0) is 23.8 Å². The third-order valence-corrected chi connectivity index (χ3v) is 1.84. The number of aliphatic hydroxyl groups excluding tert-OH is 1. The molecule has 1 aromatic carbocycles. The lowest BCUT2D eigenvalue weighted by atomic mass is 10.0. The molecule has 4 N–H and O–H groups in total. The van der Waals surface area contributed by atoms with Crippen molar-refractivity contribution in [3.63, 3.8) is 0 Å². The van der Waals surface area contributed by atoms with Gasteiger partial charge in [-0.25, -0.2) is 9.18 Å². The van der Waals surface area contributed by atoms with E-state index in [0.29, 0.717) is 0 Å². The molecule has 76 valence electrons. The molecular formula is C9H10FNO3. The van der Waals surface area contributed by atoms with Gasteiger partial charge in [0, 0.05) is 0 Å². The molecule has 4 nitrogen and oxygen atoms in total. The zero-order valence-electron chi connectivity index (χ0n) is 7.27. The van der Waals surface area contributed by atoms with E-state index in [9.17, 15) is 9.18 Å². The number of rotatable bonds is 3. The molecule has 0 saturated carbocycles. The van der Waals surface area contributed by atoms with Gasteiger partial charge in [0.05, 0.1) is 18.2 Å². The molecule has 0 fully saturated rings. The van der Waals surface area contributed by atoms with Crippen LogP contribution >= 0.6 is 0 Å². The average molecular weight is 199 g/mol. The van der Waals surface area contributed by atoms with Gasteiger partial charge in [-0.2, -0.15) is 0 Å². The van der Waals surface area contributed by atoms with Gasteiger partial charge in [0.2, 0.25) is 0 Å². The highest BCUT2D eigenvalue weighted by molar-refractivity contribution is 5.89. The maximum absolute atomic E-state index is 12.8. The van der Waals surface area contributed by atoms with E-state index in [4.69, 9.17) is 15.9 Å². The van der Waals surface area contributed by atoms with Crippen molar-refractivity contribution in [3.8, 4) is 0 Å². The molecular weight excluding hydrogens is 189 g/mol. The summed E-state index contributed by atoms with van der Waals surface area (Å²) in [5.41, 5.74) is 5.43. The molecule has 0 amide bonds. The first-order chi connectivity index (χ1) is 6.56. The Morgan fingerprint density at radius 3 is 2.71 bits per heavy atom. The van der Waals surface area contributed by atoms with Crippen molar-refractivity contribution in [1.82, 2.24) is 0 Å². The molecule has 0 spiro atoms. The van der Waals surface area contributed by atoms with Crippen LogP contribution in [-0.4, -0.2) is 22.8 Å². The SMILES string of the molecule is N[C@H](CO)c1cc(F)ccc1C(=O)O. The molecule has 5 heteroatoms. The Labute approximate surface area is 79.8 Å². The Balaban J connectivity index is 3.22. The molecule has 14 heavy (non-hydrogen) atoms. The van der Waals surface area contributed by atoms with Gasteiger partial charge in [0.25, 0.3) is 0 Å². The summed E-state index contributed by atoms with van der Waals surface area (Å²) in [5.74, 6) is -1.77. The predicted molar refractivity (Wildman–Crippen MR) is 47.4 cm³/mol. The van der Waals surface area contributed by atoms with Crippen LogP contribution in [0.25, 0.3) is 0 Å². The number of carboxylic acids is 1. The topological polar surface area (TPSA) is 83.5 Å². The summed E-state index contributed by atoms with van der Waals surface area (Å²) in [6, 6.07) is 2.31. The van der Waals surface area contributed by atoms with Gasteiger partial charge >= 0.3 is 5.97 Å². The largest absolute Gasteiger partial charge is 0.478 e. The van der Waals surface area contributed by atoms with E-state index in [-0.39, 0.29) is 11.1 Å². The predicted octanol–water partition coefficient (Wildman–Crippen LogP) is 0.516. The minimum atomic E-state index is -1.19. The second-order valence-electron chi connectivity index (χ2n) is 2.83. The molecule has 0 bridgehead atoms. The highest BCUT2D eigenvalue weighted by atomic mass is 19.1. The van der Waals surface area contributed by atoms with Crippen molar-refractivity contribution >= 4 is 5.97 Å². The zero-order chi connectivity index (χ0) is 10.7. The summed E-state index contributed by atoms with van der Waals surface area (Å²) in [6.07, 6.45) is 0. The van der Waals surface area contributed by atoms with Crippen LogP contribution < -0.4 is 5.73 Å². The molecule has 0 aliphatic heterocycles. The molecule has 0 heterocycles. The number of carboxylic acid groups (broad SMARTS) is 1. The second-order valence-corrected chi connectivity index (χ2v) is 2.83. The van der Waals surface area contributed by atoms with Crippen LogP contribution in [0, 0.1) is 5.82 Å². The molecule has 1 aromatic rings. The number of aromatic carboxylic acids is 1. The third-order valence-electron chi connectivity index (χ3n) is 1.84. The van der Waals surface area contributed by atoms with E-state index in [0.717, 1.165) is 18.2 Å². The van der Waals surface area contributed by atoms with Crippen molar-refractivity contribution in [3.05, 3.63) is 35.1 Å². The van der Waals surface area contributed by atoms with E-state index >= 15 is 0 Å². The third kappa shape index (κ3) is 2.07. The summed E-state index contributed by atoms with van der Waals surface area (Å²) in [5, 5.41) is 17.5. The number of benzene rings is 1.